The largest absolute Gasteiger partial charge is 0.342 e. The van der Waals surface area contributed by atoms with Gasteiger partial charge >= 0.3 is 0 Å². The lowest BCUT2D eigenvalue weighted by molar-refractivity contribution is -0.120. The average molecular weight is 506 g/mol. The van der Waals surface area contributed by atoms with Gasteiger partial charge in [0.2, 0.25) is 0 Å². The number of nitrogens with two attached hydrogens (primary N) is 1. The molecule has 3 aromatic rings. The zero-order chi connectivity index (χ0) is 21.3. The number of thiazole rings is 1. The summed E-state index contributed by atoms with van der Waals surface area (Å²) in [6.45, 7) is 0.365. The third-order valence-electron chi connectivity index (χ3n) is 4.68. The van der Waals surface area contributed by atoms with E-state index >= 15 is 0 Å². The van der Waals surface area contributed by atoms with Gasteiger partial charge in [0.25, 0.3) is 5.91 Å². The Balaban J connectivity index is 0.00000341. The van der Waals surface area contributed by atoms with Crippen LogP contribution < -0.4 is 11.1 Å². The van der Waals surface area contributed by atoms with Crippen molar-refractivity contribution in [2.75, 3.05) is 12.0 Å². The molecule has 0 radical (unpaired) electrons. The number of carbonyl (C=O) groups excluding carboxylic acids is 2. The number of thioether (sulfide) groups is 1. The number of hydrogen-bond donors (Lipinski definition) is 2. The van der Waals surface area contributed by atoms with Crippen molar-refractivity contribution in [3.63, 3.8) is 0 Å². The van der Waals surface area contributed by atoms with Crippen LogP contribution >= 0.6 is 36.6 Å². The van der Waals surface area contributed by atoms with Crippen molar-refractivity contribution in [1.29, 1.82) is 0 Å². The lowest BCUT2D eigenvalue weighted by atomic mass is 10.1. The van der Waals surface area contributed by atoms with E-state index < -0.39 is 6.04 Å². The van der Waals surface area contributed by atoms with E-state index in [1.807, 2.05) is 48.0 Å². The molecule has 0 bridgehead atoms. The van der Waals surface area contributed by atoms with Crippen LogP contribution in [0.1, 0.15) is 42.2 Å². The van der Waals surface area contributed by atoms with E-state index in [-0.39, 0.29) is 46.5 Å². The molecule has 0 saturated carbocycles. The first-order valence-corrected chi connectivity index (χ1v) is 12.0. The standard InChI is InChI=1S/C23H25N3O2S2.2CH4.H2S/c1-29-11-10-19(26-23(28)18-9-5-6-16(12-18)14-24)21(27)13-22-25-20(15-30-22)17-7-3-2-4-8-17;;;/h2-9,12,15,19H,10-11,13-14,24H2,1H3,(H,26,28);2*1H4;1H2/t19-;;;/m0.../s1. The predicted octanol–water partition coefficient (Wildman–Crippen LogP) is 5.32. The van der Waals surface area contributed by atoms with Gasteiger partial charge in [0.1, 0.15) is 5.01 Å². The Hall–Kier alpha value is -2.13. The van der Waals surface area contributed by atoms with Gasteiger partial charge in [-0.1, -0.05) is 57.3 Å². The van der Waals surface area contributed by atoms with Crippen LogP contribution in [0.25, 0.3) is 11.3 Å². The third kappa shape index (κ3) is 8.97. The molecule has 0 fully saturated rings. The molecule has 2 aromatic carbocycles. The summed E-state index contributed by atoms with van der Waals surface area (Å²) in [7, 11) is 0. The van der Waals surface area contributed by atoms with Crippen molar-refractivity contribution in [3.8, 4) is 11.3 Å². The minimum Gasteiger partial charge on any atom is -0.342 e. The van der Waals surface area contributed by atoms with Gasteiger partial charge in [0.05, 0.1) is 18.2 Å². The van der Waals surface area contributed by atoms with Crippen molar-refractivity contribution in [3.05, 3.63) is 76.1 Å². The highest BCUT2D eigenvalue weighted by Gasteiger charge is 2.22. The van der Waals surface area contributed by atoms with Crippen LogP contribution in [0.15, 0.2) is 60.0 Å². The maximum Gasteiger partial charge on any atom is 0.251 e. The Bertz CT molecular complexity index is 993. The molecule has 0 saturated heterocycles. The summed E-state index contributed by atoms with van der Waals surface area (Å²) in [4.78, 5) is 30.3. The van der Waals surface area contributed by atoms with Gasteiger partial charge in [0, 0.05) is 23.1 Å². The maximum atomic E-state index is 13.0. The topological polar surface area (TPSA) is 85.1 Å². The Kier molecular flexibility index (Phi) is 14.7. The summed E-state index contributed by atoms with van der Waals surface area (Å²) < 4.78 is 0. The summed E-state index contributed by atoms with van der Waals surface area (Å²) in [5.41, 5.74) is 8.96. The lowest BCUT2D eigenvalue weighted by Gasteiger charge is -2.17. The Labute approximate surface area is 213 Å². The number of rotatable bonds is 10. The SMILES string of the molecule is C.C.CSCC[C@H](NC(=O)c1cccc(CN)c1)C(=O)Cc1nc(-c2ccccc2)cs1.S. The number of benzene rings is 2. The van der Waals surface area contributed by atoms with Crippen LogP contribution in [0, 0.1) is 0 Å². The monoisotopic (exact) mass is 505 g/mol. The molecule has 0 aliphatic carbocycles. The molecule has 5 nitrogen and oxygen atoms in total. The van der Waals surface area contributed by atoms with Crippen LogP contribution in [-0.4, -0.2) is 34.7 Å². The second-order valence-electron chi connectivity index (χ2n) is 6.85. The molecule has 0 spiro atoms. The zero-order valence-corrected chi connectivity index (χ0v) is 20.0. The first-order chi connectivity index (χ1) is 14.6. The number of Topliss-reactive ketones (excluding diaryl/α,β-unsaturated/α-hetero) is 1. The molecule has 0 aliphatic rings. The summed E-state index contributed by atoms with van der Waals surface area (Å²) >= 11 is 3.12. The van der Waals surface area contributed by atoms with Crippen molar-refractivity contribution < 1.29 is 9.59 Å². The summed E-state index contributed by atoms with van der Waals surface area (Å²) in [5, 5.41) is 5.63. The number of ketones is 1. The fourth-order valence-electron chi connectivity index (χ4n) is 3.04. The quantitative estimate of drug-likeness (QED) is 0.390. The summed E-state index contributed by atoms with van der Waals surface area (Å²) in [6.07, 6.45) is 2.78. The number of carbonyl (C=O) groups is 2. The van der Waals surface area contributed by atoms with Crippen LogP contribution in [0.2, 0.25) is 0 Å². The minimum absolute atomic E-state index is 0. The van der Waals surface area contributed by atoms with E-state index in [1.54, 1.807) is 30.0 Å². The van der Waals surface area contributed by atoms with Gasteiger partial charge in [-0.2, -0.15) is 25.3 Å². The molecule has 1 atom stereocenters. The van der Waals surface area contributed by atoms with Gasteiger partial charge in [-0.05, 0) is 36.1 Å². The molecular formula is C25H35N3O2S3. The average Bonchev–Trinajstić information content (AvgIpc) is 3.25. The minimum atomic E-state index is -0.546. The maximum absolute atomic E-state index is 13.0. The molecule has 180 valence electrons. The predicted molar refractivity (Wildman–Crippen MR) is 149 cm³/mol. The number of aromatic nitrogens is 1. The highest BCUT2D eigenvalue weighted by Crippen LogP contribution is 2.22. The van der Waals surface area contributed by atoms with Crippen molar-refractivity contribution in [1.82, 2.24) is 10.3 Å². The fraction of sp³-hybridized carbons (Fsp3) is 0.320. The second-order valence-corrected chi connectivity index (χ2v) is 8.78. The van der Waals surface area contributed by atoms with Crippen LogP contribution in [0.3, 0.4) is 0 Å². The third-order valence-corrected chi connectivity index (χ3v) is 6.17. The second kappa shape index (κ2) is 15.7. The van der Waals surface area contributed by atoms with Gasteiger partial charge in [0.15, 0.2) is 5.78 Å². The Morgan fingerprint density at radius 1 is 1.12 bits per heavy atom. The Morgan fingerprint density at radius 2 is 1.85 bits per heavy atom. The van der Waals surface area contributed by atoms with E-state index in [1.165, 1.54) is 11.3 Å². The number of nitrogens with zero attached hydrogens (tertiary/aromatic N) is 1. The molecule has 1 aromatic heterocycles. The Morgan fingerprint density at radius 3 is 2.52 bits per heavy atom. The smallest absolute Gasteiger partial charge is 0.251 e. The van der Waals surface area contributed by atoms with E-state index in [4.69, 9.17) is 5.73 Å². The molecular weight excluding hydrogens is 470 g/mol. The summed E-state index contributed by atoms with van der Waals surface area (Å²) in [5.74, 6) is 0.502. The van der Waals surface area contributed by atoms with Crippen molar-refractivity contribution in [2.45, 2.75) is 40.3 Å². The van der Waals surface area contributed by atoms with Crippen molar-refractivity contribution >= 4 is 48.3 Å². The van der Waals surface area contributed by atoms with Gasteiger partial charge < -0.3 is 11.1 Å². The van der Waals surface area contributed by atoms with E-state index in [0.29, 0.717) is 18.5 Å². The fourth-order valence-corrected chi connectivity index (χ4v) is 4.32. The van der Waals surface area contributed by atoms with E-state index in [9.17, 15) is 9.59 Å². The van der Waals surface area contributed by atoms with Gasteiger partial charge in [-0.25, -0.2) is 4.98 Å². The van der Waals surface area contributed by atoms with E-state index in [2.05, 4.69) is 10.3 Å². The zero-order valence-electron chi connectivity index (χ0n) is 17.3. The first kappa shape index (κ1) is 30.9. The normalized spacial score (nSPS) is 10.7. The molecule has 3 N–H and O–H groups in total. The van der Waals surface area contributed by atoms with Crippen LogP contribution in [0.4, 0.5) is 0 Å². The van der Waals surface area contributed by atoms with E-state index in [0.717, 1.165) is 27.6 Å². The number of nitrogens with one attached hydrogen (secondary N) is 1. The van der Waals surface area contributed by atoms with Crippen LogP contribution in [-0.2, 0) is 17.8 Å². The van der Waals surface area contributed by atoms with Crippen molar-refractivity contribution in [2.24, 2.45) is 5.73 Å². The number of amides is 1. The molecule has 0 aliphatic heterocycles. The molecule has 1 heterocycles. The van der Waals surface area contributed by atoms with Gasteiger partial charge in [-0.15, -0.1) is 11.3 Å². The molecule has 33 heavy (non-hydrogen) atoms. The molecule has 3 rings (SSSR count). The molecule has 0 unspecified atom stereocenters. The first-order valence-electron chi connectivity index (χ1n) is 9.72. The molecule has 8 heteroatoms. The highest BCUT2D eigenvalue weighted by atomic mass is 32.2. The molecule has 1 amide bonds. The number of hydrogen-bond acceptors (Lipinski definition) is 6. The van der Waals surface area contributed by atoms with Crippen LogP contribution in [0.5, 0.6) is 0 Å². The summed E-state index contributed by atoms with van der Waals surface area (Å²) in [6, 6.07) is 16.5. The lowest BCUT2D eigenvalue weighted by Crippen LogP contribution is -2.42. The highest BCUT2D eigenvalue weighted by molar-refractivity contribution is 7.98. The van der Waals surface area contributed by atoms with Gasteiger partial charge in [-0.3, -0.25) is 9.59 Å².